The summed E-state index contributed by atoms with van der Waals surface area (Å²) >= 11 is 0. The molecule has 0 spiro atoms. The lowest BCUT2D eigenvalue weighted by Crippen LogP contribution is -2.35. The highest BCUT2D eigenvalue weighted by Gasteiger charge is 2.27. The van der Waals surface area contributed by atoms with E-state index in [9.17, 15) is 9.59 Å². The number of fused-ring (bicyclic) bond motifs is 1. The first-order valence-corrected chi connectivity index (χ1v) is 9.01. The van der Waals surface area contributed by atoms with Crippen molar-refractivity contribution >= 4 is 16.8 Å². The number of carbonyl (C=O) groups excluding carboxylic acids is 1. The van der Waals surface area contributed by atoms with Gasteiger partial charge in [-0.25, -0.2) is 4.98 Å². The molecule has 1 N–H and O–H groups in total. The predicted molar refractivity (Wildman–Crippen MR) is 98.5 cm³/mol. The molecule has 0 unspecified atom stereocenters. The van der Waals surface area contributed by atoms with E-state index in [1.54, 1.807) is 17.0 Å². The van der Waals surface area contributed by atoms with Crippen molar-refractivity contribution in [2.24, 2.45) is 5.92 Å². The molecule has 26 heavy (non-hydrogen) atoms. The van der Waals surface area contributed by atoms with Crippen molar-refractivity contribution in [1.82, 2.24) is 14.9 Å². The number of rotatable bonds is 6. The van der Waals surface area contributed by atoms with Crippen molar-refractivity contribution in [3.8, 4) is 11.5 Å². The Morgan fingerprint density at radius 3 is 2.50 bits per heavy atom. The van der Waals surface area contributed by atoms with E-state index in [1.807, 2.05) is 6.92 Å². The minimum Gasteiger partial charge on any atom is -0.493 e. The molecule has 1 aromatic heterocycles. The minimum atomic E-state index is -0.254. The van der Waals surface area contributed by atoms with E-state index in [4.69, 9.17) is 9.47 Å². The summed E-state index contributed by atoms with van der Waals surface area (Å²) in [5.41, 5.74) is 0.265. The predicted octanol–water partition coefficient (Wildman–Crippen LogP) is 2.48. The molecule has 0 saturated heterocycles. The Balaban J connectivity index is 1.92. The quantitative estimate of drug-likeness (QED) is 0.856. The van der Waals surface area contributed by atoms with Gasteiger partial charge in [0, 0.05) is 18.5 Å². The van der Waals surface area contributed by atoms with E-state index in [2.05, 4.69) is 9.97 Å². The van der Waals surface area contributed by atoms with Gasteiger partial charge in [-0.15, -0.1) is 0 Å². The number of carbonyl (C=O) groups is 1. The summed E-state index contributed by atoms with van der Waals surface area (Å²) in [4.78, 5) is 34.2. The van der Waals surface area contributed by atoms with Gasteiger partial charge in [0.2, 0.25) is 5.91 Å². The zero-order valence-electron chi connectivity index (χ0n) is 15.5. The maximum atomic E-state index is 12.7. The van der Waals surface area contributed by atoms with Crippen LogP contribution in [0.2, 0.25) is 0 Å². The second kappa shape index (κ2) is 7.76. The van der Waals surface area contributed by atoms with Crippen molar-refractivity contribution in [2.45, 2.75) is 39.2 Å². The summed E-state index contributed by atoms with van der Waals surface area (Å²) in [6.07, 6.45) is 4.13. The van der Waals surface area contributed by atoms with Crippen LogP contribution in [0.5, 0.6) is 11.5 Å². The molecular weight excluding hydrogens is 334 g/mol. The summed E-state index contributed by atoms with van der Waals surface area (Å²) in [6.45, 7) is 2.83. The number of methoxy groups -OCH3 is 2. The minimum absolute atomic E-state index is 0.103. The third-order valence-electron chi connectivity index (χ3n) is 5.00. The van der Waals surface area contributed by atoms with Gasteiger partial charge in [-0.2, -0.15) is 0 Å². The molecule has 0 radical (unpaired) electrons. The van der Waals surface area contributed by atoms with Gasteiger partial charge in [0.25, 0.3) is 5.56 Å². The Bertz CT molecular complexity index is 856. The van der Waals surface area contributed by atoms with Gasteiger partial charge in [-0.1, -0.05) is 12.8 Å². The Hall–Kier alpha value is -2.57. The maximum Gasteiger partial charge on any atom is 0.258 e. The molecule has 1 fully saturated rings. The molecule has 1 aliphatic carbocycles. The number of benzene rings is 1. The van der Waals surface area contributed by atoms with E-state index >= 15 is 0 Å². The van der Waals surface area contributed by atoms with Gasteiger partial charge in [-0.3, -0.25) is 9.59 Å². The van der Waals surface area contributed by atoms with Crippen LogP contribution in [0.1, 0.15) is 38.4 Å². The first-order chi connectivity index (χ1) is 12.6. The Morgan fingerprint density at radius 2 is 1.88 bits per heavy atom. The number of hydrogen-bond donors (Lipinski definition) is 1. The SMILES string of the molecule is CCN(Cc1nc2cc(OC)c(OC)cc2c(=O)[nH]1)C(=O)C1CCCC1. The molecule has 0 atom stereocenters. The van der Waals surface area contributed by atoms with Crippen molar-refractivity contribution < 1.29 is 14.3 Å². The van der Waals surface area contributed by atoms with Crippen LogP contribution < -0.4 is 15.0 Å². The fourth-order valence-corrected chi connectivity index (χ4v) is 3.55. The molecule has 2 aromatic rings. The highest BCUT2D eigenvalue weighted by molar-refractivity contribution is 5.82. The lowest BCUT2D eigenvalue weighted by atomic mass is 10.1. The molecule has 1 aliphatic rings. The summed E-state index contributed by atoms with van der Waals surface area (Å²) in [5.74, 6) is 1.72. The number of aromatic nitrogens is 2. The Morgan fingerprint density at radius 1 is 1.23 bits per heavy atom. The summed E-state index contributed by atoms with van der Waals surface area (Å²) in [7, 11) is 3.06. The smallest absolute Gasteiger partial charge is 0.258 e. The molecule has 3 rings (SSSR count). The monoisotopic (exact) mass is 359 g/mol. The summed E-state index contributed by atoms with van der Waals surface area (Å²) in [5, 5.41) is 0.427. The van der Waals surface area contributed by atoms with Gasteiger partial charge >= 0.3 is 0 Å². The van der Waals surface area contributed by atoms with E-state index in [0.29, 0.717) is 41.3 Å². The zero-order valence-corrected chi connectivity index (χ0v) is 15.5. The highest BCUT2D eigenvalue weighted by atomic mass is 16.5. The first kappa shape index (κ1) is 18.2. The van der Waals surface area contributed by atoms with E-state index in [0.717, 1.165) is 25.7 Å². The van der Waals surface area contributed by atoms with Crippen molar-refractivity contribution in [3.63, 3.8) is 0 Å². The number of nitrogens with zero attached hydrogens (tertiary/aromatic N) is 2. The average Bonchev–Trinajstić information content (AvgIpc) is 3.19. The van der Waals surface area contributed by atoms with Crippen LogP contribution in [0, 0.1) is 5.92 Å². The molecule has 1 aromatic carbocycles. The van der Waals surface area contributed by atoms with Crippen LogP contribution in [0.25, 0.3) is 10.9 Å². The fraction of sp³-hybridized carbons (Fsp3) is 0.526. The van der Waals surface area contributed by atoms with Crippen molar-refractivity contribution in [2.75, 3.05) is 20.8 Å². The number of ether oxygens (including phenoxy) is 2. The van der Waals surface area contributed by atoms with E-state index < -0.39 is 0 Å². The second-order valence-corrected chi connectivity index (χ2v) is 6.57. The van der Waals surface area contributed by atoms with Crippen molar-refractivity contribution in [1.29, 1.82) is 0 Å². The summed E-state index contributed by atoms with van der Waals surface area (Å²) < 4.78 is 10.5. The standard InChI is InChI=1S/C19H25N3O4/c1-4-22(19(24)12-7-5-6-8-12)11-17-20-14-10-16(26-3)15(25-2)9-13(14)18(23)21-17/h9-10,12H,4-8,11H2,1-3H3,(H,20,21,23). The third kappa shape index (κ3) is 3.52. The van der Waals surface area contributed by atoms with Crippen molar-refractivity contribution in [3.05, 3.63) is 28.3 Å². The van der Waals surface area contributed by atoms with Gasteiger partial charge in [-0.05, 0) is 25.8 Å². The van der Waals surface area contributed by atoms with Crippen LogP contribution in [0.4, 0.5) is 0 Å². The largest absolute Gasteiger partial charge is 0.493 e. The number of aromatic amines is 1. The average molecular weight is 359 g/mol. The highest BCUT2D eigenvalue weighted by Crippen LogP contribution is 2.30. The topological polar surface area (TPSA) is 84.5 Å². The van der Waals surface area contributed by atoms with Crippen LogP contribution in [-0.2, 0) is 11.3 Å². The van der Waals surface area contributed by atoms with Crippen LogP contribution in [0.15, 0.2) is 16.9 Å². The fourth-order valence-electron chi connectivity index (χ4n) is 3.55. The normalized spacial score (nSPS) is 14.6. The number of nitrogens with one attached hydrogen (secondary N) is 1. The molecule has 1 heterocycles. The van der Waals surface area contributed by atoms with Gasteiger partial charge < -0.3 is 19.4 Å². The maximum absolute atomic E-state index is 12.7. The molecular formula is C19H25N3O4. The summed E-state index contributed by atoms with van der Waals surface area (Å²) in [6, 6.07) is 3.30. The second-order valence-electron chi connectivity index (χ2n) is 6.57. The first-order valence-electron chi connectivity index (χ1n) is 9.01. The Labute approximate surface area is 152 Å². The lowest BCUT2D eigenvalue weighted by molar-refractivity contribution is -0.135. The van der Waals surface area contributed by atoms with E-state index in [-0.39, 0.29) is 17.4 Å². The molecule has 140 valence electrons. The van der Waals surface area contributed by atoms with Crippen LogP contribution >= 0.6 is 0 Å². The molecule has 0 bridgehead atoms. The molecule has 1 amide bonds. The van der Waals surface area contributed by atoms with Gasteiger partial charge in [0.05, 0.1) is 31.7 Å². The van der Waals surface area contributed by atoms with E-state index in [1.165, 1.54) is 14.2 Å². The van der Waals surface area contributed by atoms with Crippen LogP contribution in [-0.4, -0.2) is 41.5 Å². The lowest BCUT2D eigenvalue weighted by Gasteiger charge is -2.23. The molecule has 7 heteroatoms. The Kier molecular flexibility index (Phi) is 5.44. The molecule has 0 aliphatic heterocycles. The number of amides is 1. The van der Waals surface area contributed by atoms with Gasteiger partial charge in [0.1, 0.15) is 5.82 Å². The number of hydrogen-bond acceptors (Lipinski definition) is 5. The third-order valence-corrected chi connectivity index (χ3v) is 5.00. The molecule has 1 saturated carbocycles. The number of H-pyrrole nitrogens is 1. The molecule has 7 nitrogen and oxygen atoms in total. The van der Waals surface area contributed by atoms with Gasteiger partial charge in [0.15, 0.2) is 11.5 Å². The zero-order chi connectivity index (χ0) is 18.7. The van der Waals surface area contributed by atoms with Crippen LogP contribution in [0.3, 0.4) is 0 Å².